The maximum absolute atomic E-state index is 10.7. The summed E-state index contributed by atoms with van der Waals surface area (Å²) in [5.74, 6) is 0.673. The molecule has 0 aliphatic carbocycles. The summed E-state index contributed by atoms with van der Waals surface area (Å²) in [5, 5.41) is 18.2. The lowest BCUT2D eigenvalue weighted by molar-refractivity contribution is 0.0138. The predicted octanol–water partition coefficient (Wildman–Crippen LogP) is 0.390. The van der Waals surface area contributed by atoms with Crippen molar-refractivity contribution in [2.45, 2.75) is 24.9 Å². The van der Waals surface area contributed by atoms with Gasteiger partial charge in [-0.2, -0.15) is 5.10 Å². The number of aliphatic hydroxyl groups is 1. The first-order chi connectivity index (χ1) is 7.67. The van der Waals surface area contributed by atoms with Gasteiger partial charge in [0.1, 0.15) is 11.3 Å². The predicted molar refractivity (Wildman–Crippen MR) is 60.4 cm³/mol. The fraction of sp³-hybridized carbons (Fsp3) is 0.727. The maximum atomic E-state index is 10.7. The fourth-order valence-corrected chi connectivity index (χ4v) is 2.39. The van der Waals surface area contributed by atoms with Gasteiger partial charge in [0.15, 0.2) is 5.75 Å². The third kappa shape index (κ3) is 1.92. The van der Waals surface area contributed by atoms with Crippen LogP contribution in [0.5, 0.6) is 5.75 Å². The third-order valence-corrected chi connectivity index (χ3v) is 3.23. The molecule has 90 valence electrons. The molecule has 5 heteroatoms. The second-order valence-electron chi connectivity index (χ2n) is 4.32. The maximum Gasteiger partial charge on any atom is 0.162 e. The van der Waals surface area contributed by atoms with E-state index in [1.54, 1.807) is 18.0 Å². The van der Waals surface area contributed by atoms with Crippen molar-refractivity contribution >= 4 is 0 Å². The van der Waals surface area contributed by atoms with Gasteiger partial charge in [0.2, 0.25) is 0 Å². The standard InChI is InChI=1S/C11H19N3O2/c1-14-10(9(16-2)8-13-14)11(15)4-3-6-12-7-5-11/h8,12,15H,3-7H2,1-2H3. The normalized spacial score (nSPS) is 26.4. The van der Waals surface area contributed by atoms with Gasteiger partial charge in [-0.05, 0) is 32.4 Å². The van der Waals surface area contributed by atoms with E-state index in [1.807, 2.05) is 7.05 Å². The Kier molecular flexibility index (Phi) is 3.16. The minimum atomic E-state index is -0.819. The third-order valence-electron chi connectivity index (χ3n) is 3.23. The molecule has 0 aromatic carbocycles. The molecule has 0 radical (unpaired) electrons. The molecule has 16 heavy (non-hydrogen) atoms. The van der Waals surface area contributed by atoms with Crippen LogP contribution in [-0.2, 0) is 12.6 Å². The van der Waals surface area contributed by atoms with Crippen LogP contribution in [0.3, 0.4) is 0 Å². The van der Waals surface area contributed by atoms with Crippen molar-refractivity contribution in [3.8, 4) is 5.75 Å². The van der Waals surface area contributed by atoms with E-state index < -0.39 is 5.60 Å². The lowest BCUT2D eigenvalue weighted by Gasteiger charge is -2.27. The largest absolute Gasteiger partial charge is 0.493 e. The van der Waals surface area contributed by atoms with Gasteiger partial charge in [-0.25, -0.2) is 0 Å². The molecule has 1 saturated heterocycles. The van der Waals surface area contributed by atoms with E-state index >= 15 is 0 Å². The van der Waals surface area contributed by atoms with E-state index in [0.717, 1.165) is 31.6 Å². The molecule has 1 aliphatic rings. The number of nitrogens with one attached hydrogen (secondary N) is 1. The first-order valence-corrected chi connectivity index (χ1v) is 5.67. The molecule has 0 saturated carbocycles. The van der Waals surface area contributed by atoms with Gasteiger partial charge in [-0.15, -0.1) is 0 Å². The molecule has 1 fully saturated rings. The van der Waals surface area contributed by atoms with Gasteiger partial charge in [-0.3, -0.25) is 4.68 Å². The lowest BCUT2D eigenvalue weighted by atomic mass is 9.90. The molecule has 0 amide bonds. The quantitative estimate of drug-likeness (QED) is 0.764. The smallest absolute Gasteiger partial charge is 0.162 e. The molecule has 1 aromatic heterocycles. The summed E-state index contributed by atoms with van der Waals surface area (Å²) in [6.45, 7) is 1.79. The second-order valence-corrected chi connectivity index (χ2v) is 4.32. The molecular formula is C11H19N3O2. The summed E-state index contributed by atoms with van der Waals surface area (Å²) in [6, 6.07) is 0. The number of aryl methyl sites for hydroxylation is 1. The molecule has 2 heterocycles. The second kappa shape index (κ2) is 4.43. The van der Waals surface area contributed by atoms with Crippen LogP contribution in [0.25, 0.3) is 0 Å². The van der Waals surface area contributed by atoms with Crippen molar-refractivity contribution in [1.29, 1.82) is 0 Å². The topological polar surface area (TPSA) is 59.3 Å². The van der Waals surface area contributed by atoms with Crippen molar-refractivity contribution < 1.29 is 9.84 Å². The van der Waals surface area contributed by atoms with Crippen LogP contribution in [0.2, 0.25) is 0 Å². The summed E-state index contributed by atoms with van der Waals surface area (Å²) in [5.41, 5.74) is -0.0289. The Balaban J connectivity index is 2.35. The van der Waals surface area contributed by atoms with E-state index in [1.165, 1.54) is 0 Å². The summed E-state index contributed by atoms with van der Waals surface area (Å²) in [4.78, 5) is 0. The highest BCUT2D eigenvalue weighted by Crippen LogP contribution is 2.36. The van der Waals surface area contributed by atoms with Crippen molar-refractivity contribution in [1.82, 2.24) is 15.1 Å². The van der Waals surface area contributed by atoms with Crippen LogP contribution >= 0.6 is 0 Å². The zero-order valence-electron chi connectivity index (χ0n) is 9.86. The van der Waals surface area contributed by atoms with Crippen LogP contribution in [0.15, 0.2) is 6.20 Å². The average molecular weight is 225 g/mol. The highest BCUT2D eigenvalue weighted by Gasteiger charge is 2.35. The minimum absolute atomic E-state index is 0.673. The Morgan fingerprint density at radius 3 is 3.06 bits per heavy atom. The lowest BCUT2D eigenvalue weighted by Crippen LogP contribution is -2.30. The van der Waals surface area contributed by atoms with Crippen LogP contribution < -0.4 is 10.1 Å². The summed E-state index contributed by atoms with van der Waals surface area (Å²) < 4.78 is 6.97. The van der Waals surface area contributed by atoms with Gasteiger partial charge in [0, 0.05) is 7.05 Å². The SMILES string of the molecule is COc1cnn(C)c1C1(O)CCCNCC1. The zero-order chi connectivity index (χ0) is 11.6. The summed E-state index contributed by atoms with van der Waals surface area (Å²) in [7, 11) is 3.45. The van der Waals surface area contributed by atoms with Gasteiger partial charge < -0.3 is 15.2 Å². The minimum Gasteiger partial charge on any atom is -0.493 e. The first kappa shape index (κ1) is 11.4. The van der Waals surface area contributed by atoms with E-state index in [9.17, 15) is 5.11 Å². The van der Waals surface area contributed by atoms with Gasteiger partial charge in [-0.1, -0.05) is 0 Å². The van der Waals surface area contributed by atoms with Crippen molar-refractivity contribution in [3.05, 3.63) is 11.9 Å². The number of ether oxygens (including phenoxy) is 1. The Morgan fingerprint density at radius 1 is 1.50 bits per heavy atom. The molecule has 0 spiro atoms. The van der Waals surface area contributed by atoms with Crippen molar-refractivity contribution in [3.63, 3.8) is 0 Å². The molecule has 1 atom stereocenters. The number of hydrogen-bond donors (Lipinski definition) is 2. The molecule has 1 aromatic rings. The monoisotopic (exact) mass is 225 g/mol. The molecule has 0 bridgehead atoms. The molecule has 2 rings (SSSR count). The van der Waals surface area contributed by atoms with Crippen LogP contribution in [-0.4, -0.2) is 35.1 Å². The van der Waals surface area contributed by atoms with Gasteiger partial charge in [0.25, 0.3) is 0 Å². The first-order valence-electron chi connectivity index (χ1n) is 5.67. The van der Waals surface area contributed by atoms with Crippen LogP contribution in [0, 0.1) is 0 Å². The van der Waals surface area contributed by atoms with Crippen molar-refractivity contribution in [2.24, 2.45) is 7.05 Å². The van der Waals surface area contributed by atoms with Crippen LogP contribution in [0.1, 0.15) is 25.0 Å². The Bertz CT molecular complexity index is 354. The van der Waals surface area contributed by atoms with E-state index in [0.29, 0.717) is 12.2 Å². The van der Waals surface area contributed by atoms with Gasteiger partial charge in [0.05, 0.1) is 13.3 Å². The highest BCUT2D eigenvalue weighted by atomic mass is 16.5. The molecule has 1 unspecified atom stereocenters. The number of methoxy groups -OCH3 is 1. The Morgan fingerprint density at radius 2 is 2.31 bits per heavy atom. The molecular weight excluding hydrogens is 206 g/mol. The molecule has 1 aliphatic heterocycles. The fourth-order valence-electron chi connectivity index (χ4n) is 2.39. The van der Waals surface area contributed by atoms with E-state index in [4.69, 9.17) is 4.74 Å². The average Bonchev–Trinajstić information content (AvgIpc) is 2.51. The number of rotatable bonds is 2. The van der Waals surface area contributed by atoms with Crippen molar-refractivity contribution in [2.75, 3.05) is 20.2 Å². The zero-order valence-corrected chi connectivity index (χ0v) is 9.86. The summed E-state index contributed by atoms with van der Waals surface area (Å²) in [6.07, 6.45) is 4.06. The number of hydrogen-bond acceptors (Lipinski definition) is 4. The number of aromatic nitrogens is 2. The summed E-state index contributed by atoms with van der Waals surface area (Å²) >= 11 is 0. The van der Waals surface area contributed by atoms with Crippen LogP contribution in [0.4, 0.5) is 0 Å². The number of nitrogens with zero attached hydrogens (tertiary/aromatic N) is 2. The Hall–Kier alpha value is -1.07. The highest BCUT2D eigenvalue weighted by molar-refractivity contribution is 5.30. The van der Waals surface area contributed by atoms with E-state index in [2.05, 4.69) is 10.4 Å². The molecule has 5 nitrogen and oxygen atoms in total. The Labute approximate surface area is 95.4 Å². The molecule has 2 N–H and O–H groups in total. The van der Waals surface area contributed by atoms with E-state index in [-0.39, 0.29) is 0 Å². The van der Waals surface area contributed by atoms with Gasteiger partial charge >= 0.3 is 0 Å².